The van der Waals surface area contributed by atoms with Crippen LogP contribution in [0.25, 0.3) is 11.0 Å². The highest BCUT2D eigenvalue weighted by atomic mass is 32.2. The second kappa shape index (κ2) is 8.14. The molecule has 1 aliphatic rings. The number of aromatic amines is 2. The van der Waals surface area contributed by atoms with Gasteiger partial charge in [0.25, 0.3) is 0 Å². The molecule has 1 aromatic heterocycles. The van der Waals surface area contributed by atoms with Crippen molar-refractivity contribution in [2.75, 3.05) is 20.1 Å². The summed E-state index contributed by atoms with van der Waals surface area (Å²) in [5.41, 5.74) is 1.99. The number of likely N-dealkylation sites (tertiary alicyclic amines) is 1. The summed E-state index contributed by atoms with van der Waals surface area (Å²) < 4.78 is 27.7. The zero-order valence-corrected chi connectivity index (χ0v) is 17.3. The molecule has 2 heterocycles. The third-order valence-electron chi connectivity index (χ3n) is 5.64. The molecule has 0 bridgehead atoms. The van der Waals surface area contributed by atoms with Crippen molar-refractivity contribution in [2.45, 2.75) is 36.7 Å². The summed E-state index contributed by atoms with van der Waals surface area (Å²) in [7, 11) is -2.01. The highest BCUT2D eigenvalue weighted by Crippen LogP contribution is 2.24. The fourth-order valence-corrected chi connectivity index (χ4v) is 5.27. The van der Waals surface area contributed by atoms with Gasteiger partial charge in [-0.25, -0.2) is 13.2 Å². The molecule has 1 aliphatic heterocycles. The maximum atomic E-state index is 13.1. The molecule has 0 spiro atoms. The maximum Gasteiger partial charge on any atom is 0.323 e. The van der Waals surface area contributed by atoms with Crippen LogP contribution >= 0.6 is 0 Å². The van der Waals surface area contributed by atoms with Crippen LogP contribution in [0.1, 0.15) is 24.8 Å². The van der Waals surface area contributed by atoms with Gasteiger partial charge in [-0.1, -0.05) is 36.8 Å². The van der Waals surface area contributed by atoms with Crippen LogP contribution in [0.4, 0.5) is 0 Å². The molecule has 1 atom stereocenters. The van der Waals surface area contributed by atoms with Gasteiger partial charge in [-0.2, -0.15) is 4.31 Å². The predicted molar refractivity (Wildman–Crippen MR) is 113 cm³/mol. The van der Waals surface area contributed by atoms with Gasteiger partial charge in [0.15, 0.2) is 0 Å². The Bertz CT molecular complexity index is 1140. The Morgan fingerprint density at radius 1 is 1.07 bits per heavy atom. The highest BCUT2D eigenvalue weighted by Gasteiger charge is 2.29. The van der Waals surface area contributed by atoms with Crippen LogP contribution in [-0.2, 0) is 16.6 Å². The van der Waals surface area contributed by atoms with E-state index >= 15 is 0 Å². The molecule has 29 heavy (non-hydrogen) atoms. The summed E-state index contributed by atoms with van der Waals surface area (Å²) in [4.78, 5) is 19.3. The summed E-state index contributed by atoms with van der Waals surface area (Å²) >= 11 is 0. The fourth-order valence-electron chi connectivity index (χ4n) is 4.04. The summed E-state index contributed by atoms with van der Waals surface area (Å²) in [6, 6.07) is 15.2. The monoisotopic (exact) mass is 414 g/mol. The van der Waals surface area contributed by atoms with Crippen molar-refractivity contribution in [3.8, 4) is 0 Å². The van der Waals surface area contributed by atoms with E-state index in [1.807, 2.05) is 18.2 Å². The number of hydrogen-bond donors (Lipinski definition) is 2. The zero-order valence-electron chi connectivity index (χ0n) is 16.5. The van der Waals surface area contributed by atoms with E-state index in [2.05, 4.69) is 27.0 Å². The average molecular weight is 415 g/mol. The number of aromatic nitrogens is 2. The Labute approximate surface area is 170 Å². The van der Waals surface area contributed by atoms with Crippen LogP contribution in [0.2, 0.25) is 0 Å². The molecule has 0 amide bonds. The Hall–Kier alpha value is -2.42. The number of likely N-dealkylation sites (N-methyl/N-ethyl adjacent to an activating group) is 1. The molecular formula is C21H26N4O3S. The minimum atomic E-state index is -3.65. The first kappa shape index (κ1) is 19.9. The van der Waals surface area contributed by atoms with E-state index in [1.54, 1.807) is 19.2 Å². The van der Waals surface area contributed by atoms with Crippen LogP contribution in [0.15, 0.2) is 58.2 Å². The number of imidazole rings is 1. The number of H-pyrrole nitrogens is 2. The second-order valence-corrected chi connectivity index (χ2v) is 9.72. The van der Waals surface area contributed by atoms with Crippen molar-refractivity contribution < 1.29 is 8.42 Å². The van der Waals surface area contributed by atoms with Crippen molar-refractivity contribution in [1.82, 2.24) is 19.2 Å². The lowest BCUT2D eigenvalue weighted by atomic mass is 10.0. The molecule has 7 nitrogen and oxygen atoms in total. The standard InChI is InChI=1S/C21H26N4O3S/c1-24(29(27,28)18-10-11-19-20(13-18)23-21(26)22-19)15-17-9-5-6-12-25(17)14-16-7-3-2-4-8-16/h2-4,7-8,10-11,13,17H,5-6,9,12,14-15H2,1H3,(H2,22,23,26)/t17-/m1/s1. The SMILES string of the molecule is CN(C[C@H]1CCCCN1Cc1ccccc1)S(=O)(=O)c1ccc2[nH]c(=O)[nH]c2c1. The third kappa shape index (κ3) is 4.29. The number of nitrogens with one attached hydrogen (secondary N) is 2. The summed E-state index contributed by atoms with van der Waals surface area (Å²) in [5, 5.41) is 0. The van der Waals surface area contributed by atoms with Gasteiger partial charge >= 0.3 is 5.69 Å². The molecule has 154 valence electrons. The molecule has 1 fully saturated rings. The minimum Gasteiger partial charge on any atom is -0.306 e. The van der Waals surface area contributed by atoms with Crippen molar-refractivity contribution in [3.63, 3.8) is 0 Å². The zero-order chi connectivity index (χ0) is 20.4. The van der Waals surface area contributed by atoms with E-state index in [0.29, 0.717) is 17.6 Å². The minimum absolute atomic E-state index is 0.180. The van der Waals surface area contributed by atoms with Crippen LogP contribution < -0.4 is 5.69 Å². The number of benzene rings is 2. The second-order valence-electron chi connectivity index (χ2n) is 7.68. The van der Waals surface area contributed by atoms with E-state index in [1.165, 1.54) is 15.9 Å². The number of piperidine rings is 1. The van der Waals surface area contributed by atoms with Crippen molar-refractivity contribution in [3.05, 3.63) is 64.6 Å². The number of rotatable bonds is 6. The maximum absolute atomic E-state index is 13.1. The topological polar surface area (TPSA) is 89.3 Å². The van der Waals surface area contributed by atoms with Gasteiger partial charge in [0.2, 0.25) is 10.0 Å². The van der Waals surface area contributed by atoms with Gasteiger partial charge in [0.05, 0.1) is 15.9 Å². The van der Waals surface area contributed by atoms with E-state index in [-0.39, 0.29) is 16.6 Å². The van der Waals surface area contributed by atoms with Gasteiger partial charge in [0, 0.05) is 26.2 Å². The predicted octanol–water partition coefficient (Wildman–Crippen LogP) is 2.53. The molecule has 0 radical (unpaired) electrons. The lowest BCUT2D eigenvalue weighted by molar-refractivity contribution is 0.125. The number of sulfonamides is 1. The van der Waals surface area contributed by atoms with Gasteiger partial charge in [-0.05, 0) is 43.1 Å². The molecule has 4 rings (SSSR count). The average Bonchev–Trinajstić information content (AvgIpc) is 3.09. The number of nitrogens with zero attached hydrogens (tertiary/aromatic N) is 2. The largest absolute Gasteiger partial charge is 0.323 e. The molecule has 3 aromatic rings. The van der Waals surface area contributed by atoms with Gasteiger partial charge < -0.3 is 9.97 Å². The van der Waals surface area contributed by atoms with E-state index < -0.39 is 10.0 Å². The normalized spacial score (nSPS) is 18.5. The molecule has 2 aromatic carbocycles. The number of hydrogen-bond acceptors (Lipinski definition) is 4. The summed E-state index contributed by atoms with van der Waals surface area (Å²) in [6.07, 6.45) is 3.23. The highest BCUT2D eigenvalue weighted by molar-refractivity contribution is 7.89. The summed E-state index contributed by atoms with van der Waals surface area (Å²) in [5.74, 6) is 0. The molecular weight excluding hydrogens is 388 g/mol. The number of fused-ring (bicyclic) bond motifs is 1. The van der Waals surface area contributed by atoms with Crippen LogP contribution in [0.3, 0.4) is 0 Å². The molecule has 0 saturated carbocycles. The van der Waals surface area contributed by atoms with Gasteiger partial charge in [-0.3, -0.25) is 4.90 Å². The van der Waals surface area contributed by atoms with Gasteiger partial charge in [0.1, 0.15) is 0 Å². The van der Waals surface area contributed by atoms with Crippen molar-refractivity contribution in [1.29, 1.82) is 0 Å². The third-order valence-corrected chi connectivity index (χ3v) is 7.46. The Morgan fingerprint density at radius 2 is 1.83 bits per heavy atom. The molecule has 1 saturated heterocycles. The first-order valence-corrected chi connectivity index (χ1v) is 11.3. The van der Waals surface area contributed by atoms with Gasteiger partial charge in [-0.15, -0.1) is 0 Å². The van der Waals surface area contributed by atoms with E-state index in [4.69, 9.17) is 0 Å². The molecule has 0 unspecified atom stereocenters. The van der Waals surface area contributed by atoms with Crippen molar-refractivity contribution in [2.24, 2.45) is 0 Å². The fraction of sp³-hybridized carbons (Fsp3) is 0.381. The van der Waals surface area contributed by atoms with Crippen LogP contribution in [0.5, 0.6) is 0 Å². The quantitative estimate of drug-likeness (QED) is 0.649. The van der Waals surface area contributed by atoms with Crippen molar-refractivity contribution >= 4 is 21.1 Å². The molecule has 0 aliphatic carbocycles. The lowest BCUT2D eigenvalue weighted by Crippen LogP contribution is -2.46. The first-order valence-electron chi connectivity index (χ1n) is 9.90. The Kier molecular flexibility index (Phi) is 5.58. The smallest absolute Gasteiger partial charge is 0.306 e. The Balaban J connectivity index is 1.52. The Morgan fingerprint density at radius 3 is 2.62 bits per heavy atom. The van der Waals surface area contributed by atoms with Crippen LogP contribution in [-0.4, -0.2) is 53.8 Å². The van der Waals surface area contributed by atoms with Crippen LogP contribution in [0, 0.1) is 0 Å². The summed E-state index contributed by atoms with van der Waals surface area (Å²) in [6.45, 7) is 2.25. The molecule has 2 N–H and O–H groups in total. The molecule has 8 heteroatoms. The van der Waals surface area contributed by atoms with E-state index in [0.717, 1.165) is 32.4 Å². The van der Waals surface area contributed by atoms with E-state index in [9.17, 15) is 13.2 Å². The first-order chi connectivity index (χ1) is 13.9. The lowest BCUT2D eigenvalue weighted by Gasteiger charge is -2.37.